The largest absolute Gasteiger partial charge is 0.492 e. The molecule has 0 aromatic heterocycles. The molecule has 1 unspecified atom stereocenters. The van der Waals surface area contributed by atoms with Crippen LogP contribution in [0, 0.1) is 0 Å². The molecule has 0 aliphatic heterocycles. The van der Waals surface area contributed by atoms with Gasteiger partial charge >= 0.3 is 0 Å². The molecule has 0 bridgehead atoms. The van der Waals surface area contributed by atoms with E-state index >= 15 is 0 Å². The van der Waals surface area contributed by atoms with Crippen LogP contribution in [0.25, 0.3) is 0 Å². The molecule has 17 heavy (non-hydrogen) atoms. The van der Waals surface area contributed by atoms with Crippen molar-refractivity contribution >= 4 is 33.1 Å². The van der Waals surface area contributed by atoms with E-state index in [-0.39, 0.29) is 6.04 Å². The minimum Gasteiger partial charge on any atom is -0.492 e. The van der Waals surface area contributed by atoms with E-state index in [1.807, 2.05) is 38.2 Å². The summed E-state index contributed by atoms with van der Waals surface area (Å²) in [5.74, 6) is 0.857. The number of nitrogens with two attached hydrogens (primary N) is 1. The van der Waals surface area contributed by atoms with E-state index in [4.69, 9.17) is 22.7 Å². The normalized spacial score (nSPS) is 12.5. The van der Waals surface area contributed by atoms with Crippen molar-refractivity contribution in [1.82, 2.24) is 4.90 Å². The maximum absolute atomic E-state index is 5.63. The molecule has 0 aliphatic carbocycles. The van der Waals surface area contributed by atoms with Gasteiger partial charge in [0.15, 0.2) is 0 Å². The van der Waals surface area contributed by atoms with Gasteiger partial charge in [0.05, 0.1) is 11.0 Å². The molecular formula is C12H17BrN2OS. The first-order chi connectivity index (χ1) is 8.00. The van der Waals surface area contributed by atoms with Crippen LogP contribution >= 0.6 is 28.1 Å². The first-order valence-corrected chi connectivity index (χ1v) is 6.58. The summed E-state index contributed by atoms with van der Waals surface area (Å²) in [5.41, 5.74) is 5.58. The topological polar surface area (TPSA) is 38.5 Å². The Bertz CT molecular complexity index is 387. The molecule has 0 heterocycles. The van der Waals surface area contributed by atoms with Crippen molar-refractivity contribution in [2.24, 2.45) is 5.73 Å². The highest BCUT2D eigenvalue weighted by molar-refractivity contribution is 9.10. The quantitative estimate of drug-likeness (QED) is 0.818. The van der Waals surface area contributed by atoms with Gasteiger partial charge in [-0.1, -0.05) is 34.2 Å². The van der Waals surface area contributed by atoms with E-state index in [1.54, 1.807) is 0 Å². The Morgan fingerprint density at radius 1 is 1.59 bits per heavy atom. The second-order valence-electron chi connectivity index (χ2n) is 3.86. The first kappa shape index (κ1) is 14.4. The van der Waals surface area contributed by atoms with Gasteiger partial charge in [0, 0.05) is 11.0 Å². The van der Waals surface area contributed by atoms with Crippen LogP contribution < -0.4 is 10.5 Å². The lowest BCUT2D eigenvalue weighted by atomic mass is 10.3. The first-order valence-electron chi connectivity index (χ1n) is 5.38. The van der Waals surface area contributed by atoms with E-state index in [2.05, 4.69) is 20.8 Å². The Hall–Kier alpha value is -0.650. The van der Waals surface area contributed by atoms with Crippen molar-refractivity contribution in [2.45, 2.75) is 13.0 Å². The second-order valence-corrected chi connectivity index (χ2v) is 5.25. The van der Waals surface area contributed by atoms with Crippen molar-refractivity contribution < 1.29 is 4.74 Å². The molecule has 0 spiro atoms. The second kappa shape index (κ2) is 6.93. The summed E-state index contributed by atoms with van der Waals surface area (Å²) in [4.78, 5) is 2.58. The van der Waals surface area contributed by atoms with Gasteiger partial charge in [-0.3, -0.25) is 4.90 Å². The molecule has 0 radical (unpaired) electrons. The molecular weight excluding hydrogens is 300 g/mol. The van der Waals surface area contributed by atoms with Crippen LogP contribution in [0.15, 0.2) is 28.7 Å². The molecule has 0 saturated carbocycles. The van der Waals surface area contributed by atoms with Gasteiger partial charge < -0.3 is 10.5 Å². The van der Waals surface area contributed by atoms with Crippen LogP contribution in [-0.4, -0.2) is 36.1 Å². The summed E-state index contributed by atoms with van der Waals surface area (Å²) in [6.07, 6.45) is 0. The number of hydrogen-bond donors (Lipinski definition) is 1. The predicted octanol–water partition coefficient (Wildman–Crippen LogP) is 2.43. The number of hydrogen-bond acceptors (Lipinski definition) is 3. The lowest BCUT2D eigenvalue weighted by molar-refractivity contribution is 0.227. The maximum Gasteiger partial charge on any atom is 0.120 e. The van der Waals surface area contributed by atoms with Crippen molar-refractivity contribution in [1.29, 1.82) is 0 Å². The highest BCUT2D eigenvalue weighted by atomic mass is 79.9. The van der Waals surface area contributed by atoms with E-state index < -0.39 is 0 Å². The van der Waals surface area contributed by atoms with E-state index in [1.165, 1.54) is 0 Å². The average Bonchev–Trinajstić information content (AvgIpc) is 2.27. The predicted molar refractivity (Wildman–Crippen MR) is 78.5 cm³/mol. The van der Waals surface area contributed by atoms with Crippen LogP contribution in [0.1, 0.15) is 6.92 Å². The summed E-state index contributed by atoms with van der Waals surface area (Å²) in [5, 5.41) is 0. The van der Waals surface area contributed by atoms with Gasteiger partial charge in [-0.05, 0) is 32.2 Å². The van der Waals surface area contributed by atoms with Crippen LogP contribution in [-0.2, 0) is 0 Å². The van der Waals surface area contributed by atoms with Gasteiger partial charge in [-0.2, -0.15) is 0 Å². The van der Waals surface area contributed by atoms with Gasteiger partial charge in [0.2, 0.25) is 0 Å². The molecule has 94 valence electrons. The summed E-state index contributed by atoms with van der Waals surface area (Å²) < 4.78 is 6.65. The van der Waals surface area contributed by atoms with Gasteiger partial charge in [-0.25, -0.2) is 0 Å². The fourth-order valence-corrected chi connectivity index (χ4v) is 1.83. The molecule has 1 atom stereocenters. The number of ether oxygens (including phenoxy) is 1. The Morgan fingerprint density at radius 2 is 2.29 bits per heavy atom. The van der Waals surface area contributed by atoms with Crippen molar-refractivity contribution in [2.75, 3.05) is 20.2 Å². The Morgan fingerprint density at radius 3 is 2.88 bits per heavy atom. The smallest absolute Gasteiger partial charge is 0.120 e. The lowest BCUT2D eigenvalue weighted by Gasteiger charge is -2.23. The molecule has 0 aliphatic rings. The van der Waals surface area contributed by atoms with E-state index in [0.717, 1.165) is 16.8 Å². The average molecular weight is 317 g/mol. The zero-order valence-corrected chi connectivity index (χ0v) is 12.4. The number of halogens is 1. The van der Waals surface area contributed by atoms with E-state index in [9.17, 15) is 0 Å². The maximum atomic E-state index is 5.63. The lowest BCUT2D eigenvalue weighted by Crippen LogP contribution is -2.41. The molecule has 3 nitrogen and oxygen atoms in total. The summed E-state index contributed by atoms with van der Waals surface area (Å²) in [7, 11) is 1.98. The van der Waals surface area contributed by atoms with Crippen molar-refractivity contribution in [3.8, 4) is 5.75 Å². The molecule has 5 heteroatoms. The third kappa shape index (κ3) is 5.02. The number of nitrogens with zero attached hydrogens (tertiary/aromatic N) is 1. The highest BCUT2D eigenvalue weighted by Crippen LogP contribution is 2.17. The molecule has 1 rings (SSSR count). The Labute approximate surface area is 116 Å². The van der Waals surface area contributed by atoms with Crippen LogP contribution in [0.5, 0.6) is 5.75 Å². The zero-order chi connectivity index (χ0) is 12.8. The minimum atomic E-state index is 0.0936. The number of benzene rings is 1. The van der Waals surface area contributed by atoms with Crippen molar-refractivity contribution in [3.63, 3.8) is 0 Å². The number of thiocarbonyl (C=S) groups is 1. The fourth-order valence-electron chi connectivity index (χ4n) is 1.28. The fraction of sp³-hybridized carbons (Fsp3) is 0.417. The monoisotopic (exact) mass is 316 g/mol. The third-order valence-electron chi connectivity index (χ3n) is 2.58. The molecule has 1 aromatic rings. The zero-order valence-electron chi connectivity index (χ0n) is 10.0. The van der Waals surface area contributed by atoms with Gasteiger partial charge in [-0.15, -0.1) is 0 Å². The molecule has 0 fully saturated rings. The van der Waals surface area contributed by atoms with Crippen LogP contribution in [0.3, 0.4) is 0 Å². The molecule has 1 aromatic carbocycles. The standard InChI is InChI=1S/C12H17BrN2OS/c1-9(12(14)17)15(2)6-7-16-11-5-3-4-10(13)8-11/h3-5,8-9H,6-7H2,1-2H3,(H2,14,17). The van der Waals surface area contributed by atoms with Gasteiger partial charge in [0.1, 0.15) is 12.4 Å². The van der Waals surface area contributed by atoms with E-state index in [0.29, 0.717) is 11.6 Å². The third-order valence-corrected chi connectivity index (χ3v) is 3.42. The van der Waals surface area contributed by atoms with Crippen LogP contribution in [0.2, 0.25) is 0 Å². The van der Waals surface area contributed by atoms with Gasteiger partial charge in [0.25, 0.3) is 0 Å². The number of likely N-dealkylation sites (N-methyl/N-ethyl adjacent to an activating group) is 1. The molecule has 2 N–H and O–H groups in total. The highest BCUT2D eigenvalue weighted by Gasteiger charge is 2.11. The summed E-state index contributed by atoms with van der Waals surface area (Å²) in [6, 6.07) is 7.88. The Balaban J connectivity index is 2.35. The minimum absolute atomic E-state index is 0.0936. The van der Waals surface area contributed by atoms with Crippen LogP contribution in [0.4, 0.5) is 0 Å². The SMILES string of the molecule is CC(C(N)=S)N(C)CCOc1cccc(Br)c1. The molecule has 0 saturated heterocycles. The number of rotatable bonds is 6. The van der Waals surface area contributed by atoms with Crippen molar-refractivity contribution in [3.05, 3.63) is 28.7 Å². The molecule has 0 amide bonds. The summed E-state index contributed by atoms with van der Waals surface area (Å²) in [6.45, 7) is 3.38. The summed E-state index contributed by atoms with van der Waals surface area (Å²) >= 11 is 8.35. The Kier molecular flexibility index (Phi) is 5.88.